The molecule has 0 saturated heterocycles. The second-order valence-electron chi connectivity index (χ2n) is 6.80. The van der Waals surface area contributed by atoms with Gasteiger partial charge in [-0.1, -0.05) is 12.1 Å². The maximum atomic E-state index is 12.2. The molecule has 2 N–H and O–H groups in total. The Morgan fingerprint density at radius 3 is 2.63 bits per heavy atom. The van der Waals surface area contributed by atoms with Crippen molar-refractivity contribution in [3.05, 3.63) is 35.3 Å². The van der Waals surface area contributed by atoms with Crippen LogP contribution in [0, 0.1) is 0 Å². The predicted molar refractivity (Wildman–Crippen MR) is 105 cm³/mol. The highest BCUT2D eigenvalue weighted by molar-refractivity contribution is 7.16. The molecule has 0 bridgehead atoms. The van der Waals surface area contributed by atoms with E-state index in [2.05, 4.69) is 15.6 Å². The van der Waals surface area contributed by atoms with Crippen LogP contribution >= 0.6 is 11.3 Å². The average molecular weight is 391 g/mol. The first-order valence-corrected chi connectivity index (χ1v) is 9.45. The van der Waals surface area contributed by atoms with E-state index in [9.17, 15) is 9.59 Å². The fourth-order valence-electron chi connectivity index (χ4n) is 2.15. The zero-order valence-corrected chi connectivity index (χ0v) is 16.8. The van der Waals surface area contributed by atoms with Gasteiger partial charge in [0.15, 0.2) is 0 Å². The Morgan fingerprint density at radius 2 is 1.93 bits per heavy atom. The molecule has 0 atom stereocenters. The Balaban J connectivity index is 1.77. The van der Waals surface area contributed by atoms with E-state index >= 15 is 0 Å². The average Bonchev–Trinajstić information content (AvgIpc) is 3.10. The number of alkyl carbamates (subject to hydrolysis) is 1. The van der Waals surface area contributed by atoms with E-state index in [1.165, 1.54) is 11.3 Å². The number of amides is 2. The number of methoxy groups -OCH3 is 1. The molecule has 146 valence electrons. The summed E-state index contributed by atoms with van der Waals surface area (Å²) in [5.41, 5.74) is 0.380. The summed E-state index contributed by atoms with van der Waals surface area (Å²) >= 11 is 1.32. The van der Waals surface area contributed by atoms with E-state index in [0.29, 0.717) is 24.4 Å². The van der Waals surface area contributed by atoms with Gasteiger partial charge in [-0.3, -0.25) is 4.79 Å². The first-order chi connectivity index (χ1) is 12.8. The summed E-state index contributed by atoms with van der Waals surface area (Å²) in [4.78, 5) is 28.6. The van der Waals surface area contributed by atoms with Gasteiger partial charge in [0.05, 0.1) is 13.3 Å². The topological polar surface area (TPSA) is 89.5 Å². The van der Waals surface area contributed by atoms with Crippen molar-refractivity contribution in [1.29, 1.82) is 0 Å². The van der Waals surface area contributed by atoms with Crippen molar-refractivity contribution in [3.8, 4) is 16.3 Å². The minimum Gasteiger partial charge on any atom is -0.497 e. The molecule has 0 spiro atoms. The third kappa shape index (κ3) is 6.90. The van der Waals surface area contributed by atoms with Crippen LogP contribution in [0.3, 0.4) is 0 Å². The monoisotopic (exact) mass is 391 g/mol. The minimum atomic E-state index is -0.523. The molecular weight excluding hydrogens is 366 g/mol. The van der Waals surface area contributed by atoms with Crippen LogP contribution in [0.2, 0.25) is 0 Å². The molecule has 0 saturated carbocycles. The zero-order chi connectivity index (χ0) is 19.9. The molecule has 1 heterocycles. The normalized spacial score (nSPS) is 11.0. The number of rotatable bonds is 7. The molecule has 8 heteroatoms. The highest BCUT2D eigenvalue weighted by Gasteiger charge is 2.15. The van der Waals surface area contributed by atoms with Crippen LogP contribution in [0.1, 0.15) is 36.9 Å². The molecule has 0 aliphatic rings. The number of benzene rings is 1. The number of hydrogen-bond acceptors (Lipinski definition) is 6. The van der Waals surface area contributed by atoms with Gasteiger partial charge < -0.3 is 20.1 Å². The molecule has 0 fully saturated rings. The number of carbonyl (C=O) groups excluding carboxylic acids is 2. The van der Waals surface area contributed by atoms with Gasteiger partial charge in [-0.2, -0.15) is 0 Å². The smallest absolute Gasteiger partial charge is 0.407 e. The lowest BCUT2D eigenvalue weighted by Crippen LogP contribution is -2.34. The quantitative estimate of drug-likeness (QED) is 0.706. The lowest BCUT2D eigenvalue weighted by Gasteiger charge is -2.19. The number of nitrogens with one attached hydrogen (secondary N) is 2. The fourth-order valence-corrected chi connectivity index (χ4v) is 2.98. The second-order valence-corrected chi connectivity index (χ2v) is 7.83. The number of ether oxygens (including phenoxy) is 2. The second kappa shape index (κ2) is 9.36. The van der Waals surface area contributed by atoms with Gasteiger partial charge in [0.2, 0.25) is 0 Å². The van der Waals surface area contributed by atoms with E-state index in [1.807, 2.05) is 45.0 Å². The zero-order valence-electron chi connectivity index (χ0n) is 16.0. The molecule has 2 amide bonds. The van der Waals surface area contributed by atoms with Gasteiger partial charge in [0.1, 0.15) is 21.2 Å². The molecule has 1 aromatic carbocycles. The Hall–Kier alpha value is -2.61. The Labute approximate surface area is 163 Å². The van der Waals surface area contributed by atoms with E-state index < -0.39 is 11.7 Å². The van der Waals surface area contributed by atoms with Gasteiger partial charge in [0, 0.05) is 18.7 Å². The number of carbonyl (C=O) groups is 2. The van der Waals surface area contributed by atoms with Gasteiger partial charge in [-0.05, 0) is 39.3 Å². The standard InChI is InChI=1S/C19H25N3O4S/c1-19(2,3)26-18(24)21-10-6-9-20-16(23)15-12-22-17(27-15)13-7-5-8-14(11-13)25-4/h5,7-8,11-12H,6,9-10H2,1-4H3,(H,20,23)(H,21,24). The van der Waals surface area contributed by atoms with Gasteiger partial charge in [-0.25, -0.2) is 9.78 Å². The number of hydrogen-bond donors (Lipinski definition) is 2. The van der Waals surface area contributed by atoms with Crippen LogP contribution in [-0.2, 0) is 4.74 Å². The highest BCUT2D eigenvalue weighted by atomic mass is 32.1. The first kappa shape index (κ1) is 20.7. The first-order valence-electron chi connectivity index (χ1n) is 8.64. The van der Waals surface area contributed by atoms with E-state index in [0.717, 1.165) is 16.3 Å². The van der Waals surface area contributed by atoms with Crippen LogP contribution in [0.4, 0.5) is 4.79 Å². The Kier molecular flexibility index (Phi) is 7.18. The van der Waals surface area contributed by atoms with Crippen LogP contribution in [-0.4, -0.2) is 42.8 Å². The summed E-state index contributed by atoms with van der Waals surface area (Å²) in [7, 11) is 1.61. The molecule has 7 nitrogen and oxygen atoms in total. The van der Waals surface area contributed by atoms with Gasteiger partial charge >= 0.3 is 6.09 Å². The molecular formula is C19H25N3O4S. The third-order valence-corrected chi connectivity index (χ3v) is 4.40. The lowest BCUT2D eigenvalue weighted by molar-refractivity contribution is 0.0527. The van der Waals surface area contributed by atoms with Crippen molar-refractivity contribution in [2.75, 3.05) is 20.2 Å². The van der Waals surface area contributed by atoms with E-state index in [-0.39, 0.29) is 5.91 Å². The van der Waals surface area contributed by atoms with Crippen LogP contribution in [0.15, 0.2) is 30.5 Å². The lowest BCUT2D eigenvalue weighted by atomic mass is 10.2. The number of aromatic nitrogens is 1. The molecule has 2 aromatic rings. The molecule has 1 aromatic heterocycles. The largest absolute Gasteiger partial charge is 0.497 e. The third-order valence-electron chi connectivity index (χ3n) is 3.35. The SMILES string of the molecule is COc1cccc(-c2ncc(C(=O)NCCCNC(=O)OC(C)(C)C)s2)c1. The Morgan fingerprint density at radius 1 is 1.19 bits per heavy atom. The van der Waals surface area contributed by atoms with Crippen molar-refractivity contribution in [2.45, 2.75) is 32.8 Å². The summed E-state index contributed by atoms with van der Waals surface area (Å²) in [5, 5.41) is 6.23. The van der Waals surface area contributed by atoms with Crippen molar-refractivity contribution in [3.63, 3.8) is 0 Å². The van der Waals surface area contributed by atoms with Gasteiger partial charge in [-0.15, -0.1) is 11.3 Å². The molecule has 0 unspecified atom stereocenters. The van der Waals surface area contributed by atoms with E-state index in [1.54, 1.807) is 13.3 Å². The van der Waals surface area contributed by atoms with Crippen molar-refractivity contribution in [1.82, 2.24) is 15.6 Å². The van der Waals surface area contributed by atoms with E-state index in [4.69, 9.17) is 9.47 Å². The maximum Gasteiger partial charge on any atom is 0.407 e. The summed E-state index contributed by atoms with van der Waals surface area (Å²) in [6, 6.07) is 7.54. The summed E-state index contributed by atoms with van der Waals surface area (Å²) < 4.78 is 10.4. The molecule has 0 aliphatic heterocycles. The Bertz CT molecular complexity index is 783. The number of thiazole rings is 1. The van der Waals surface area contributed by atoms with Crippen molar-refractivity contribution in [2.24, 2.45) is 0 Å². The molecule has 0 aliphatic carbocycles. The summed E-state index contributed by atoms with van der Waals surface area (Å²) in [5.74, 6) is 0.560. The molecule has 0 radical (unpaired) electrons. The molecule has 27 heavy (non-hydrogen) atoms. The summed E-state index contributed by atoms with van der Waals surface area (Å²) in [6.07, 6.45) is 1.71. The minimum absolute atomic E-state index is 0.182. The van der Waals surface area contributed by atoms with Crippen LogP contribution in [0.5, 0.6) is 5.75 Å². The van der Waals surface area contributed by atoms with Crippen LogP contribution in [0.25, 0.3) is 10.6 Å². The summed E-state index contributed by atoms with van der Waals surface area (Å²) in [6.45, 7) is 6.29. The van der Waals surface area contributed by atoms with Gasteiger partial charge in [0.25, 0.3) is 5.91 Å². The fraction of sp³-hybridized carbons (Fsp3) is 0.421. The van der Waals surface area contributed by atoms with Crippen LogP contribution < -0.4 is 15.4 Å². The number of nitrogens with zero attached hydrogens (tertiary/aromatic N) is 1. The molecule has 2 rings (SSSR count). The maximum absolute atomic E-state index is 12.2. The van der Waals surface area contributed by atoms with Crippen molar-refractivity contribution < 1.29 is 19.1 Å². The van der Waals surface area contributed by atoms with Crippen molar-refractivity contribution >= 4 is 23.3 Å². The highest BCUT2D eigenvalue weighted by Crippen LogP contribution is 2.27. The predicted octanol–water partition coefficient (Wildman–Crippen LogP) is 3.46.